The number of hydrogen-bond acceptors (Lipinski definition) is 2. The predicted molar refractivity (Wildman–Crippen MR) is 26.3 cm³/mol. The van der Waals surface area contributed by atoms with E-state index in [-0.39, 0.29) is 5.70 Å². The fraction of sp³-hybridized carbons (Fsp3) is 0. The van der Waals surface area contributed by atoms with E-state index in [1.165, 1.54) is 12.5 Å². The molecule has 0 spiro atoms. The van der Waals surface area contributed by atoms with Gasteiger partial charge in [-0.3, -0.25) is 0 Å². The molecule has 0 aromatic carbocycles. The van der Waals surface area contributed by atoms with Gasteiger partial charge in [-0.1, -0.05) is 0 Å². The quantitative estimate of drug-likeness (QED) is 0.498. The molecule has 1 radical (unpaired) electrons. The van der Waals surface area contributed by atoms with Crippen LogP contribution in [0.4, 0.5) is 0 Å². The Bertz CT molecular complexity index is 171. The van der Waals surface area contributed by atoms with Gasteiger partial charge in [-0.15, -0.1) is 0 Å². The van der Waals surface area contributed by atoms with E-state index in [9.17, 15) is 4.79 Å². The molecule has 41 valence electrons. The second kappa shape index (κ2) is 1.65. The van der Waals surface area contributed by atoms with Crippen molar-refractivity contribution in [2.75, 3.05) is 0 Å². The summed E-state index contributed by atoms with van der Waals surface area (Å²) in [5.74, 6) is -1.04. The molecule has 0 saturated carbocycles. The number of nitrogens with zero attached hydrogens (tertiary/aromatic N) is 2. The number of rotatable bonds is 1. The molecule has 1 aliphatic heterocycles. The third kappa shape index (κ3) is 0.676. The first-order valence-electron chi connectivity index (χ1n) is 1.96. The van der Waals surface area contributed by atoms with Gasteiger partial charge in [0.25, 0.3) is 0 Å². The molecule has 1 aliphatic rings. The molecule has 0 aromatic rings. The first-order valence-corrected chi connectivity index (χ1v) is 1.96. The van der Waals surface area contributed by atoms with Gasteiger partial charge in [-0.2, -0.15) is 0 Å². The Balaban J connectivity index is 2.64. The van der Waals surface area contributed by atoms with E-state index in [4.69, 9.17) is 5.11 Å². The Morgan fingerprint density at radius 3 is 2.75 bits per heavy atom. The van der Waals surface area contributed by atoms with E-state index in [1.807, 2.05) is 0 Å². The highest BCUT2D eigenvalue weighted by molar-refractivity contribution is 5.90. The summed E-state index contributed by atoms with van der Waals surface area (Å²) in [6.45, 7) is 0. The van der Waals surface area contributed by atoms with Gasteiger partial charge in [-0.25, -0.2) is 15.1 Å². The zero-order valence-corrected chi connectivity index (χ0v) is 3.90. The minimum Gasteiger partial charge on any atom is -0.476 e. The van der Waals surface area contributed by atoms with Crippen molar-refractivity contribution in [2.24, 2.45) is 4.99 Å². The van der Waals surface area contributed by atoms with Crippen molar-refractivity contribution in [3.8, 4) is 0 Å². The van der Waals surface area contributed by atoms with E-state index in [0.29, 0.717) is 0 Å². The van der Waals surface area contributed by atoms with Crippen LogP contribution in [0.2, 0.25) is 0 Å². The van der Waals surface area contributed by atoms with Gasteiger partial charge in [0.1, 0.15) is 6.34 Å². The fourth-order valence-electron chi connectivity index (χ4n) is 0.343. The molecule has 8 heavy (non-hydrogen) atoms. The number of aliphatic carboxylic acids is 1. The predicted octanol–water partition coefficient (Wildman–Crippen LogP) is -0.441. The maximum atomic E-state index is 9.96. The third-order valence-electron chi connectivity index (χ3n) is 0.679. The molecule has 0 unspecified atom stereocenters. The van der Waals surface area contributed by atoms with Crippen LogP contribution >= 0.6 is 0 Å². The zero-order valence-electron chi connectivity index (χ0n) is 3.90. The lowest BCUT2D eigenvalue weighted by atomic mass is 10.5. The van der Waals surface area contributed by atoms with E-state index >= 15 is 0 Å². The SMILES string of the molecule is O=C(O)C1=CN=C[N]1. The first-order chi connectivity index (χ1) is 3.80. The molecule has 4 nitrogen and oxygen atoms in total. The topological polar surface area (TPSA) is 63.8 Å². The van der Waals surface area contributed by atoms with Crippen LogP contribution in [0.3, 0.4) is 0 Å². The number of carbonyl (C=O) groups is 1. The lowest BCUT2D eigenvalue weighted by Crippen LogP contribution is -2.07. The second-order valence-corrected chi connectivity index (χ2v) is 1.21. The molecule has 1 heterocycles. The van der Waals surface area contributed by atoms with Gasteiger partial charge >= 0.3 is 5.97 Å². The zero-order chi connectivity index (χ0) is 5.98. The summed E-state index contributed by atoms with van der Waals surface area (Å²) in [5, 5.41) is 11.6. The number of carboxylic acids is 1. The molecule has 1 rings (SSSR count). The van der Waals surface area contributed by atoms with Crippen molar-refractivity contribution in [2.45, 2.75) is 0 Å². The van der Waals surface area contributed by atoms with Crippen LogP contribution in [-0.2, 0) is 4.79 Å². The Morgan fingerprint density at radius 1 is 1.75 bits per heavy atom. The second-order valence-electron chi connectivity index (χ2n) is 1.21. The smallest absolute Gasteiger partial charge is 0.356 e. The molecule has 0 aliphatic carbocycles. The Kier molecular flexibility index (Phi) is 0.997. The summed E-state index contributed by atoms with van der Waals surface area (Å²) in [4.78, 5) is 13.4. The first kappa shape index (κ1) is 4.83. The van der Waals surface area contributed by atoms with Crippen LogP contribution in [-0.4, -0.2) is 17.4 Å². The maximum Gasteiger partial charge on any atom is 0.356 e. The number of hydrogen-bond donors (Lipinski definition) is 1. The Labute approximate surface area is 45.5 Å². The largest absolute Gasteiger partial charge is 0.476 e. The van der Waals surface area contributed by atoms with Crippen LogP contribution in [0.25, 0.3) is 0 Å². The highest BCUT2D eigenvalue weighted by atomic mass is 16.4. The molecule has 0 saturated heterocycles. The van der Waals surface area contributed by atoms with Crippen LogP contribution in [0.1, 0.15) is 0 Å². The van der Waals surface area contributed by atoms with Gasteiger partial charge in [0.15, 0.2) is 5.70 Å². The molecule has 4 heteroatoms. The third-order valence-corrected chi connectivity index (χ3v) is 0.679. The summed E-state index contributed by atoms with van der Waals surface area (Å²) in [6.07, 6.45) is 2.39. The van der Waals surface area contributed by atoms with Gasteiger partial charge in [-0.05, 0) is 0 Å². The van der Waals surface area contributed by atoms with Gasteiger partial charge in [0, 0.05) is 0 Å². The summed E-state index contributed by atoms with van der Waals surface area (Å²) in [5.41, 5.74) is -0.00926. The van der Waals surface area contributed by atoms with Crippen molar-refractivity contribution in [3.63, 3.8) is 0 Å². The minimum atomic E-state index is -1.04. The monoisotopic (exact) mass is 111 g/mol. The highest BCUT2D eigenvalue weighted by Crippen LogP contribution is 1.94. The van der Waals surface area contributed by atoms with Crippen LogP contribution < -0.4 is 5.32 Å². The van der Waals surface area contributed by atoms with Crippen molar-refractivity contribution in [1.82, 2.24) is 5.32 Å². The molecule has 0 amide bonds. The lowest BCUT2D eigenvalue weighted by molar-refractivity contribution is -0.132. The highest BCUT2D eigenvalue weighted by Gasteiger charge is 2.08. The van der Waals surface area contributed by atoms with E-state index < -0.39 is 5.97 Å². The van der Waals surface area contributed by atoms with E-state index in [0.717, 1.165) is 0 Å². The van der Waals surface area contributed by atoms with E-state index in [1.54, 1.807) is 0 Å². The number of aliphatic imine (C=N–C) groups is 1. The fourth-order valence-corrected chi connectivity index (χ4v) is 0.343. The van der Waals surface area contributed by atoms with Crippen LogP contribution in [0, 0.1) is 0 Å². The average Bonchev–Trinajstić information content (AvgIpc) is 2.12. The van der Waals surface area contributed by atoms with Crippen LogP contribution in [0.15, 0.2) is 16.9 Å². The Hall–Kier alpha value is -1.32. The molecule has 0 fully saturated rings. The minimum absolute atomic E-state index is 0.00926. The van der Waals surface area contributed by atoms with Gasteiger partial charge in [0.05, 0.1) is 6.20 Å². The maximum absolute atomic E-state index is 9.96. The summed E-state index contributed by atoms with van der Waals surface area (Å²) in [6, 6.07) is 0. The molecule has 0 bridgehead atoms. The molecule has 0 atom stereocenters. The van der Waals surface area contributed by atoms with Crippen molar-refractivity contribution >= 4 is 12.3 Å². The summed E-state index contributed by atoms with van der Waals surface area (Å²) < 4.78 is 0. The van der Waals surface area contributed by atoms with Crippen molar-refractivity contribution in [1.29, 1.82) is 0 Å². The van der Waals surface area contributed by atoms with E-state index in [2.05, 4.69) is 10.3 Å². The van der Waals surface area contributed by atoms with Crippen molar-refractivity contribution < 1.29 is 9.90 Å². The molecule has 0 aromatic heterocycles. The lowest BCUT2D eigenvalue weighted by Gasteiger charge is -1.85. The number of carboxylic acid groups (broad SMARTS) is 1. The molecular formula is C4H3N2O2. The molecular weight excluding hydrogens is 108 g/mol. The molecule has 1 N–H and O–H groups in total. The van der Waals surface area contributed by atoms with Gasteiger partial charge < -0.3 is 5.11 Å². The summed E-state index contributed by atoms with van der Waals surface area (Å²) >= 11 is 0. The Morgan fingerprint density at radius 2 is 2.50 bits per heavy atom. The summed E-state index contributed by atoms with van der Waals surface area (Å²) in [7, 11) is 0. The standard InChI is InChI=1S/C4H3N2O2/c7-4(8)3-1-5-2-6-3/h1-2H,(H,7,8). The normalized spacial score (nSPS) is 15.2. The van der Waals surface area contributed by atoms with Crippen molar-refractivity contribution in [3.05, 3.63) is 11.9 Å². The average molecular weight is 111 g/mol. The van der Waals surface area contributed by atoms with Crippen LogP contribution in [0.5, 0.6) is 0 Å². The van der Waals surface area contributed by atoms with Gasteiger partial charge in [0.2, 0.25) is 0 Å².